The fourth-order valence-electron chi connectivity index (χ4n) is 2.06. The molecule has 2 aromatic carbocycles. The Kier molecular flexibility index (Phi) is 5.41. The van der Waals surface area contributed by atoms with Crippen LogP contribution in [-0.4, -0.2) is 32.8 Å². The van der Waals surface area contributed by atoms with Gasteiger partial charge in [-0.05, 0) is 35.9 Å². The van der Waals surface area contributed by atoms with Crippen molar-refractivity contribution in [1.82, 2.24) is 4.31 Å². The summed E-state index contributed by atoms with van der Waals surface area (Å²) >= 11 is 5.91. The summed E-state index contributed by atoms with van der Waals surface area (Å²) in [5.41, 5.74) is 0.956. The Hall–Kier alpha value is -1.89. The minimum absolute atomic E-state index is 0.0323. The van der Waals surface area contributed by atoms with Crippen LogP contribution in [0.25, 0.3) is 0 Å². The van der Waals surface area contributed by atoms with E-state index in [0.29, 0.717) is 5.02 Å². The molecule has 0 aliphatic rings. The molecule has 0 radical (unpaired) electrons. The zero-order valence-corrected chi connectivity index (χ0v) is 14.3. The standard InChI is InChI=1S/C16H16ClNO4S/c1-18(11-12-5-3-7-14(17)9-12)23(20,21)15-8-4-6-13(10-15)16(19)22-2/h3-10H,11H2,1-2H3. The smallest absolute Gasteiger partial charge is 0.337 e. The summed E-state index contributed by atoms with van der Waals surface area (Å²) in [5, 5.41) is 0.543. The molecule has 0 bridgehead atoms. The quantitative estimate of drug-likeness (QED) is 0.775. The first-order valence-electron chi connectivity index (χ1n) is 6.74. The third-order valence-electron chi connectivity index (χ3n) is 3.26. The zero-order chi connectivity index (χ0) is 17.0. The van der Waals surface area contributed by atoms with Crippen molar-refractivity contribution < 1.29 is 17.9 Å². The molecular weight excluding hydrogens is 338 g/mol. The largest absolute Gasteiger partial charge is 0.465 e. The van der Waals surface area contributed by atoms with Crippen LogP contribution in [0.2, 0.25) is 5.02 Å². The highest BCUT2D eigenvalue weighted by molar-refractivity contribution is 7.89. The molecule has 0 amide bonds. The molecule has 0 unspecified atom stereocenters. The molecule has 0 saturated heterocycles. The molecule has 0 atom stereocenters. The number of ether oxygens (including phenoxy) is 1. The van der Waals surface area contributed by atoms with Crippen molar-refractivity contribution in [2.45, 2.75) is 11.4 Å². The third-order valence-corrected chi connectivity index (χ3v) is 5.29. The number of methoxy groups -OCH3 is 1. The molecule has 23 heavy (non-hydrogen) atoms. The van der Waals surface area contributed by atoms with E-state index >= 15 is 0 Å². The maximum Gasteiger partial charge on any atom is 0.337 e. The van der Waals surface area contributed by atoms with E-state index < -0.39 is 16.0 Å². The molecular formula is C16H16ClNO4S. The maximum absolute atomic E-state index is 12.6. The van der Waals surface area contributed by atoms with Gasteiger partial charge in [-0.1, -0.05) is 29.8 Å². The average molecular weight is 354 g/mol. The molecule has 0 heterocycles. The van der Waals surface area contributed by atoms with Gasteiger partial charge in [0.05, 0.1) is 17.6 Å². The van der Waals surface area contributed by atoms with Gasteiger partial charge in [-0.25, -0.2) is 13.2 Å². The Labute approximate surface area is 140 Å². The van der Waals surface area contributed by atoms with E-state index in [1.54, 1.807) is 24.3 Å². The van der Waals surface area contributed by atoms with E-state index in [9.17, 15) is 13.2 Å². The molecule has 122 valence electrons. The highest BCUT2D eigenvalue weighted by Crippen LogP contribution is 2.19. The molecule has 7 heteroatoms. The van der Waals surface area contributed by atoms with Gasteiger partial charge in [-0.2, -0.15) is 4.31 Å². The lowest BCUT2D eigenvalue weighted by Gasteiger charge is -2.17. The van der Waals surface area contributed by atoms with Gasteiger partial charge >= 0.3 is 5.97 Å². The van der Waals surface area contributed by atoms with Crippen LogP contribution in [0.5, 0.6) is 0 Å². The van der Waals surface area contributed by atoms with Crippen molar-refractivity contribution in [3.8, 4) is 0 Å². The van der Waals surface area contributed by atoms with Gasteiger partial charge in [0.2, 0.25) is 10.0 Å². The number of halogens is 1. The van der Waals surface area contributed by atoms with Gasteiger partial charge in [-0.3, -0.25) is 0 Å². The molecule has 0 saturated carbocycles. The first-order valence-corrected chi connectivity index (χ1v) is 8.55. The normalized spacial score (nSPS) is 11.5. The summed E-state index contributed by atoms with van der Waals surface area (Å²) in [6.07, 6.45) is 0. The Morgan fingerprint density at radius 1 is 1.17 bits per heavy atom. The SMILES string of the molecule is COC(=O)c1cccc(S(=O)(=O)N(C)Cc2cccc(Cl)c2)c1. The second kappa shape index (κ2) is 7.12. The molecule has 0 aromatic heterocycles. The first kappa shape index (κ1) is 17.5. The number of esters is 1. The molecule has 2 aromatic rings. The molecule has 0 N–H and O–H groups in total. The van der Waals surface area contributed by atoms with Gasteiger partial charge in [0.15, 0.2) is 0 Å². The van der Waals surface area contributed by atoms with Crippen LogP contribution in [0.4, 0.5) is 0 Å². The number of sulfonamides is 1. The molecule has 0 aliphatic heterocycles. The summed E-state index contributed by atoms with van der Waals surface area (Å²) < 4.78 is 31.1. The second-order valence-corrected chi connectivity index (χ2v) is 7.39. The predicted octanol–water partition coefficient (Wildman–Crippen LogP) is 2.95. The van der Waals surface area contributed by atoms with Crippen molar-refractivity contribution in [2.24, 2.45) is 0 Å². The second-order valence-electron chi connectivity index (χ2n) is 4.91. The number of rotatable bonds is 5. The molecule has 0 aliphatic carbocycles. The van der Waals surface area contributed by atoms with Gasteiger partial charge in [0.1, 0.15) is 0 Å². The van der Waals surface area contributed by atoms with Gasteiger partial charge in [0, 0.05) is 18.6 Å². The van der Waals surface area contributed by atoms with Crippen LogP contribution >= 0.6 is 11.6 Å². The van der Waals surface area contributed by atoms with E-state index in [4.69, 9.17) is 11.6 Å². The number of nitrogens with zero attached hydrogens (tertiary/aromatic N) is 1. The van der Waals surface area contributed by atoms with E-state index in [1.165, 1.54) is 42.7 Å². The average Bonchev–Trinajstić information content (AvgIpc) is 2.54. The van der Waals surface area contributed by atoms with Crippen LogP contribution in [0.3, 0.4) is 0 Å². The summed E-state index contributed by atoms with van der Waals surface area (Å²) in [6.45, 7) is 0.172. The monoisotopic (exact) mass is 353 g/mol. The summed E-state index contributed by atoms with van der Waals surface area (Å²) in [6, 6.07) is 12.7. The highest BCUT2D eigenvalue weighted by Gasteiger charge is 2.22. The molecule has 2 rings (SSSR count). The van der Waals surface area contributed by atoms with Crippen LogP contribution in [0, 0.1) is 0 Å². The minimum Gasteiger partial charge on any atom is -0.465 e. The van der Waals surface area contributed by atoms with E-state index in [1.807, 2.05) is 0 Å². The lowest BCUT2D eigenvalue weighted by molar-refractivity contribution is 0.0600. The van der Waals surface area contributed by atoms with Crippen molar-refractivity contribution in [2.75, 3.05) is 14.2 Å². The van der Waals surface area contributed by atoms with Crippen LogP contribution in [0.15, 0.2) is 53.4 Å². The van der Waals surface area contributed by atoms with Crippen LogP contribution < -0.4 is 0 Å². The molecule has 0 fully saturated rings. The van der Waals surface area contributed by atoms with E-state index in [2.05, 4.69) is 4.74 Å². The fraction of sp³-hybridized carbons (Fsp3) is 0.188. The van der Waals surface area contributed by atoms with E-state index in [0.717, 1.165) is 5.56 Å². The van der Waals surface area contributed by atoms with Crippen LogP contribution in [-0.2, 0) is 21.3 Å². The van der Waals surface area contributed by atoms with Gasteiger partial charge in [0.25, 0.3) is 0 Å². The predicted molar refractivity (Wildman–Crippen MR) is 87.9 cm³/mol. The zero-order valence-electron chi connectivity index (χ0n) is 12.7. The summed E-state index contributed by atoms with van der Waals surface area (Å²) in [7, 11) is -1.01. The lowest BCUT2D eigenvalue weighted by atomic mass is 10.2. The Morgan fingerprint density at radius 3 is 2.52 bits per heavy atom. The first-order chi connectivity index (χ1) is 10.8. The third kappa shape index (κ3) is 4.10. The summed E-state index contributed by atoms with van der Waals surface area (Å²) in [5.74, 6) is -0.584. The number of hydrogen-bond donors (Lipinski definition) is 0. The van der Waals surface area contributed by atoms with Crippen molar-refractivity contribution in [3.05, 3.63) is 64.7 Å². The molecule has 0 spiro atoms. The van der Waals surface area contributed by atoms with Crippen molar-refractivity contribution in [1.29, 1.82) is 0 Å². The van der Waals surface area contributed by atoms with E-state index in [-0.39, 0.29) is 17.0 Å². The topological polar surface area (TPSA) is 63.7 Å². The van der Waals surface area contributed by atoms with Gasteiger partial charge < -0.3 is 4.74 Å². The number of carbonyl (C=O) groups excluding carboxylic acids is 1. The lowest BCUT2D eigenvalue weighted by Crippen LogP contribution is -2.26. The van der Waals surface area contributed by atoms with Gasteiger partial charge in [-0.15, -0.1) is 0 Å². The van der Waals surface area contributed by atoms with Crippen molar-refractivity contribution in [3.63, 3.8) is 0 Å². The summed E-state index contributed by atoms with van der Waals surface area (Å²) in [4.78, 5) is 11.6. The number of hydrogen-bond acceptors (Lipinski definition) is 4. The maximum atomic E-state index is 12.6. The Bertz CT molecular complexity index is 820. The minimum atomic E-state index is -3.73. The Balaban J connectivity index is 2.28. The number of benzene rings is 2. The number of carbonyl (C=O) groups is 1. The highest BCUT2D eigenvalue weighted by atomic mass is 35.5. The van der Waals surface area contributed by atoms with Crippen LogP contribution in [0.1, 0.15) is 15.9 Å². The Morgan fingerprint density at radius 2 is 1.87 bits per heavy atom. The fourth-order valence-corrected chi connectivity index (χ4v) is 3.48. The molecule has 5 nitrogen and oxygen atoms in total. The van der Waals surface area contributed by atoms with Crippen molar-refractivity contribution >= 4 is 27.6 Å².